The SMILES string of the molecule is CN1CCCC(Cc2nc3cccnc3n2C2CCOC2)C1. The molecule has 2 unspecified atom stereocenters. The standard InChI is InChI=1S/C17H24N4O/c1-20-8-3-4-13(11-20)10-16-19-15-5-2-7-18-17(15)21(16)14-6-9-22-12-14/h2,5,7,13-14H,3-4,6,8-12H2,1H3. The van der Waals surface area contributed by atoms with Gasteiger partial charge < -0.3 is 14.2 Å². The van der Waals surface area contributed by atoms with Crippen molar-refractivity contribution in [3.63, 3.8) is 0 Å². The molecule has 0 saturated carbocycles. The lowest BCUT2D eigenvalue weighted by atomic mass is 9.95. The lowest BCUT2D eigenvalue weighted by Gasteiger charge is -2.29. The van der Waals surface area contributed by atoms with E-state index in [1.807, 2.05) is 12.3 Å². The van der Waals surface area contributed by atoms with Crippen LogP contribution in [-0.4, -0.2) is 52.8 Å². The maximum absolute atomic E-state index is 5.61. The topological polar surface area (TPSA) is 43.2 Å². The van der Waals surface area contributed by atoms with Gasteiger partial charge in [-0.3, -0.25) is 0 Å². The molecule has 0 amide bonds. The Balaban J connectivity index is 1.68. The molecule has 2 aromatic heterocycles. The largest absolute Gasteiger partial charge is 0.379 e. The Labute approximate surface area is 131 Å². The molecular weight excluding hydrogens is 276 g/mol. The fourth-order valence-electron chi connectivity index (χ4n) is 3.93. The van der Waals surface area contributed by atoms with Gasteiger partial charge in [0.1, 0.15) is 11.3 Å². The second kappa shape index (κ2) is 5.97. The third-order valence-corrected chi connectivity index (χ3v) is 4.99. The first-order valence-electron chi connectivity index (χ1n) is 8.39. The Kier molecular flexibility index (Phi) is 3.84. The average molecular weight is 300 g/mol. The van der Waals surface area contributed by atoms with Crippen molar-refractivity contribution < 1.29 is 4.74 Å². The van der Waals surface area contributed by atoms with E-state index in [1.54, 1.807) is 0 Å². The van der Waals surface area contributed by atoms with Gasteiger partial charge in [-0.2, -0.15) is 0 Å². The lowest BCUT2D eigenvalue weighted by Crippen LogP contribution is -2.33. The number of likely N-dealkylation sites (tertiary alicyclic amines) is 1. The van der Waals surface area contributed by atoms with E-state index in [2.05, 4.69) is 27.6 Å². The van der Waals surface area contributed by atoms with Gasteiger partial charge in [0.25, 0.3) is 0 Å². The minimum Gasteiger partial charge on any atom is -0.379 e. The van der Waals surface area contributed by atoms with E-state index in [4.69, 9.17) is 9.72 Å². The molecule has 2 aliphatic heterocycles. The molecule has 5 heteroatoms. The van der Waals surface area contributed by atoms with E-state index in [0.29, 0.717) is 12.0 Å². The highest BCUT2D eigenvalue weighted by atomic mass is 16.5. The highest BCUT2D eigenvalue weighted by Crippen LogP contribution is 2.28. The van der Waals surface area contributed by atoms with Crippen LogP contribution in [0, 0.1) is 5.92 Å². The summed E-state index contributed by atoms with van der Waals surface area (Å²) in [5, 5.41) is 0. The summed E-state index contributed by atoms with van der Waals surface area (Å²) in [6.45, 7) is 4.05. The first-order chi connectivity index (χ1) is 10.8. The van der Waals surface area contributed by atoms with E-state index < -0.39 is 0 Å². The highest BCUT2D eigenvalue weighted by Gasteiger charge is 2.26. The molecule has 4 rings (SSSR count). The monoisotopic (exact) mass is 300 g/mol. The third kappa shape index (κ3) is 2.63. The van der Waals surface area contributed by atoms with Crippen molar-refractivity contribution in [3.05, 3.63) is 24.2 Å². The number of imidazole rings is 1. The number of piperidine rings is 1. The molecule has 118 valence electrons. The molecule has 0 bridgehead atoms. The van der Waals surface area contributed by atoms with E-state index in [0.717, 1.165) is 37.2 Å². The van der Waals surface area contributed by atoms with Crippen LogP contribution in [0.1, 0.15) is 31.1 Å². The molecule has 4 heterocycles. The van der Waals surface area contributed by atoms with Crippen LogP contribution in [0.5, 0.6) is 0 Å². The first-order valence-corrected chi connectivity index (χ1v) is 8.39. The van der Waals surface area contributed by atoms with Crippen LogP contribution < -0.4 is 0 Å². The molecule has 22 heavy (non-hydrogen) atoms. The Bertz CT molecular complexity index is 647. The third-order valence-electron chi connectivity index (χ3n) is 4.99. The van der Waals surface area contributed by atoms with Gasteiger partial charge >= 0.3 is 0 Å². The van der Waals surface area contributed by atoms with Gasteiger partial charge in [0.15, 0.2) is 5.65 Å². The number of fused-ring (bicyclic) bond motifs is 1. The van der Waals surface area contributed by atoms with Crippen LogP contribution >= 0.6 is 0 Å². The Morgan fingerprint density at radius 1 is 1.36 bits per heavy atom. The highest BCUT2D eigenvalue weighted by molar-refractivity contribution is 5.71. The molecule has 0 aromatic carbocycles. The van der Waals surface area contributed by atoms with Crippen molar-refractivity contribution >= 4 is 11.2 Å². The van der Waals surface area contributed by atoms with Crippen LogP contribution in [0.4, 0.5) is 0 Å². The number of pyridine rings is 1. The molecule has 2 saturated heterocycles. The molecule has 0 N–H and O–H groups in total. The summed E-state index contributed by atoms with van der Waals surface area (Å²) >= 11 is 0. The fraction of sp³-hybridized carbons (Fsp3) is 0.647. The van der Waals surface area contributed by atoms with Gasteiger partial charge in [0.2, 0.25) is 0 Å². The Morgan fingerprint density at radius 2 is 2.32 bits per heavy atom. The second-order valence-electron chi connectivity index (χ2n) is 6.74. The smallest absolute Gasteiger partial charge is 0.160 e. The number of hydrogen-bond donors (Lipinski definition) is 0. The molecular formula is C17H24N4O. The van der Waals surface area contributed by atoms with Crippen molar-refractivity contribution in [2.45, 2.75) is 31.7 Å². The molecule has 0 aliphatic carbocycles. The number of rotatable bonds is 3. The van der Waals surface area contributed by atoms with E-state index >= 15 is 0 Å². The van der Waals surface area contributed by atoms with Crippen LogP contribution in [0.25, 0.3) is 11.2 Å². The average Bonchev–Trinajstić information content (AvgIpc) is 3.13. The zero-order valence-electron chi connectivity index (χ0n) is 13.2. The molecule has 5 nitrogen and oxygen atoms in total. The number of aromatic nitrogens is 3. The maximum atomic E-state index is 5.61. The predicted octanol–water partition coefficient (Wildman–Crippen LogP) is 2.28. The van der Waals surface area contributed by atoms with E-state index in [1.165, 1.54) is 31.8 Å². The summed E-state index contributed by atoms with van der Waals surface area (Å²) in [5.74, 6) is 1.90. The first kappa shape index (κ1) is 14.2. The van der Waals surface area contributed by atoms with Crippen LogP contribution in [-0.2, 0) is 11.2 Å². The molecule has 0 radical (unpaired) electrons. The number of ether oxygens (including phenoxy) is 1. The van der Waals surface area contributed by atoms with Crippen LogP contribution in [0.15, 0.2) is 18.3 Å². The maximum Gasteiger partial charge on any atom is 0.160 e. The minimum absolute atomic E-state index is 0.399. The van der Waals surface area contributed by atoms with Crippen molar-refractivity contribution in [3.8, 4) is 0 Å². The summed E-state index contributed by atoms with van der Waals surface area (Å²) < 4.78 is 7.97. The Morgan fingerprint density at radius 3 is 3.14 bits per heavy atom. The zero-order valence-corrected chi connectivity index (χ0v) is 13.2. The number of hydrogen-bond acceptors (Lipinski definition) is 4. The van der Waals surface area contributed by atoms with Gasteiger partial charge in [0.05, 0.1) is 12.6 Å². The molecule has 2 aliphatic rings. The van der Waals surface area contributed by atoms with Crippen molar-refractivity contribution in [1.29, 1.82) is 0 Å². The van der Waals surface area contributed by atoms with Gasteiger partial charge in [-0.1, -0.05) is 0 Å². The summed E-state index contributed by atoms with van der Waals surface area (Å²) in [5.41, 5.74) is 2.05. The van der Waals surface area contributed by atoms with Gasteiger partial charge in [-0.25, -0.2) is 9.97 Å². The molecule has 2 fully saturated rings. The molecule has 0 spiro atoms. The summed E-state index contributed by atoms with van der Waals surface area (Å²) in [6.07, 6.45) is 6.60. The fourth-order valence-corrected chi connectivity index (χ4v) is 3.93. The normalized spacial score (nSPS) is 26.8. The summed E-state index contributed by atoms with van der Waals surface area (Å²) in [4.78, 5) is 11.9. The van der Waals surface area contributed by atoms with Crippen LogP contribution in [0.2, 0.25) is 0 Å². The zero-order chi connectivity index (χ0) is 14.9. The quantitative estimate of drug-likeness (QED) is 0.872. The molecule has 2 aromatic rings. The lowest BCUT2D eigenvalue weighted by molar-refractivity contribution is 0.185. The van der Waals surface area contributed by atoms with Gasteiger partial charge in [-0.05, 0) is 50.9 Å². The van der Waals surface area contributed by atoms with Gasteiger partial charge in [-0.15, -0.1) is 0 Å². The van der Waals surface area contributed by atoms with Crippen molar-refractivity contribution in [2.75, 3.05) is 33.4 Å². The Hall–Kier alpha value is -1.46. The van der Waals surface area contributed by atoms with Gasteiger partial charge in [0, 0.05) is 25.8 Å². The van der Waals surface area contributed by atoms with E-state index in [9.17, 15) is 0 Å². The summed E-state index contributed by atoms with van der Waals surface area (Å²) in [6, 6.07) is 4.45. The van der Waals surface area contributed by atoms with E-state index in [-0.39, 0.29) is 0 Å². The molecule has 2 atom stereocenters. The number of nitrogens with zero attached hydrogens (tertiary/aromatic N) is 4. The van der Waals surface area contributed by atoms with Crippen LogP contribution in [0.3, 0.4) is 0 Å². The second-order valence-corrected chi connectivity index (χ2v) is 6.74. The van der Waals surface area contributed by atoms with Crippen molar-refractivity contribution in [1.82, 2.24) is 19.4 Å². The van der Waals surface area contributed by atoms with Crippen molar-refractivity contribution in [2.24, 2.45) is 5.92 Å². The summed E-state index contributed by atoms with van der Waals surface area (Å²) in [7, 11) is 2.22. The minimum atomic E-state index is 0.399. The predicted molar refractivity (Wildman–Crippen MR) is 85.9 cm³/mol.